The third-order valence-electron chi connectivity index (χ3n) is 3.82. The van der Waals surface area contributed by atoms with Gasteiger partial charge in [-0.15, -0.1) is 0 Å². The smallest absolute Gasteiger partial charge is 0.221 e. The lowest BCUT2D eigenvalue weighted by Gasteiger charge is -2.14. The number of rotatable bonds is 7. The van der Waals surface area contributed by atoms with Gasteiger partial charge in [-0.1, -0.05) is 60.2 Å². The van der Waals surface area contributed by atoms with Crippen molar-refractivity contribution in [2.24, 2.45) is 0 Å². The monoisotopic (exact) mass is 345 g/mol. The first-order chi connectivity index (χ1) is 11.4. The summed E-state index contributed by atoms with van der Waals surface area (Å²) in [5, 5.41) is 2.84. The van der Waals surface area contributed by atoms with Crippen LogP contribution in [0.5, 0.6) is 0 Å². The quantitative estimate of drug-likeness (QED) is 0.838. The minimum atomic E-state index is -3.30. The number of sulfone groups is 1. The fourth-order valence-corrected chi connectivity index (χ4v) is 3.74. The van der Waals surface area contributed by atoms with E-state index in [0.29, 0.717) is 0 Å². The van der Waals surface area contributed by atoms with E-state index >= 15 is 0 Å². The zero-order valence-electron chi connectivity index (χ0n) is 14.0. The van der Waals surface area contributed by atoms with Crippen molar-refractivity contribution in [3.63, 3.8) is 0 Å². The maximum absolute atomic E-state index is 12.2. The van der Waals surface area contributed by atoms with E-state index in [1.165, 1.54) is 0 Å². The van der Waals surface area contributed by atoms with Gasteiger partial charge in [0, 0.05) is 6.42 Å². The molecule has 2 rings (SSSR count). The molecular weight excluding hydrogens is 322 g/mol. The van der Waals surface area contributed by atoms with Crippen LogP contribution in [0.25, 0.3) is 0 Å². The molecule has 0 saturated heterocycles. The molecule has 1 N–H and O–H groups in total. The molecule has 0 saturated carbocycles. The van der Waals surface area contributed by atoms with Gasteiger partial charge in [-0.05, 0) is 25.0 Å². The number of benzene rings is 2. The summed E-state index contributed by atoms with van der Waals surface area (Å²) in [7, 11) is -3.30. The Morgan fingerprint density at radius 2 is 1.67 bits per heavy atom. The summed E-state index contributed by atoms with van der Waals surface area (Å²) in [5.41, 5.74) is 2.83. The number of aryl methyl sites for hydroxylation is 1. The van der Waals surface area contributed by atoms with Crippen molar-refractivity contribution in [3.8, 4) is 0 Å². The van der Waals surface area contributed by atoms with Crippen LogP contribution in [0.15, 0.2) is 54.6 Å². The zero-order chi connectivity index (χ0) is 17.6. The molecule has 0 aromatic heterocycles. The molecule has 1 amide bonds. The Kier molecular flexibility index (Phi) is 6.15. The molecule has 24 heavy (non-hydrogen) atoms. The summed E-state index contributed by atoms with van der Waals surface area (Å²) in [6, 6.07) is 16.8. The Hall–Kier alpha value is -2.14. The first kappa shape index (κ1) is 18.2. The predicted octanol–water partition coefficient (Wildman–Crippen LogP) is 3.18. The van der Waals surface area contributed by atoms with Gasteiger partial charge in [0.05, 0.1) is 17.5 Å². The molecule has 0 aliphatic carbocycles. The molecule has 2 aromatic rings. The van der Waals surface area contributed by atoms with E-state index in [1.54, 1.807) is 0 Å². The molecule has 1 atom stereocenters. The Morgan fingerprint density at radius 1 is 1.04 bits per heavy atom. The molecule has 0 radical (unpaired) electrons. The molecule has 2 aromatic carbocycles. The highest BCUT2D eigenvalue weighted by atomic mass is 32.2. The van der Waals surface area contributed by atoms with Crippen LogP contribution in [-0.2, 0) is 20.4 Å². The molecule has 4 nitrogen and oxygen atoms in total. The fraction of sp³-hybridized carbons (Fsp3) is 0.316. The average Bonchev–Trinajstić information content (AvgIpc) is 2.56. The van der Waals surface area contributed by atoms with Gasteiger partial charge >= 0.3 is 0 Å². The van der Waals surface area contributed by atoms with Crippen LogP contribution in [0.4, 0.5) is 0 Å². The molecule has 0 aliphatic rings. The Balaban J connectivity index is 1.85. The summed E-state index contributed by atoms with van der Waals surface area (Å²) in [6.07, 6.45) is -0.0225. The maximum atomic E-state index is 12.2. The van der Waals surface area contributed by atoms with Gasteiger partial charge in [-0.3, -0.25) is 4.79 Å². The van der Waals surface area contributed by atoms with Crippen molar-refractivity contribution in [3.05, 3.63) is 71.3 Å². The van der Waals surface area contributed by atoms with E-state index in [-0.39, 0.29) is 29.9 Å². The van der Waals surface area contributed by atoms with E-state index in [1.807, 2.05) is 68.4 Å². The summed E-state index contributed by atoms with van der Waals surface area (Å²) in [4.78, 5) is 12.0. The summed E-state index contributed by atoms with van der Waals surface area (Å²) < 4.78 is 24.3. The number of carbonyl (C=O) groups is 1. The molecule has 5 heteroatoms. The van der Waals surface area contributed by atoms with Crippen LogP contribution in [0.1, 0.15) is 36.1 Å². The fourth-order valence-electron chi connectivity index (χ4n) is 2.40. The molecule has 0 bridgehead atoms. The Labute approximate surface area is 143 Å². The van der Waals surface area contributed by atoms with Crippen molar-refractivity contribution in [2.45, 2.75) is 32.1 Å². The molecule has 0 aliphatic heterocycles. The Bertz CT molecular complexity index is 768. The standard InChI is InChI=1S/C19H23NO3S/c1-15-8-10-17(11-9-15)14-24(22,23)13-12-19(21)20-16(2)18-6-4-3-5-7-18/h3-11,16H,12-14H2,1-2H3,(H,20,21)/t16-/m1/s1. The average molecular weight is 345 g/mol. The van der Waals surface area contributed by atoms with Crippen LogP contribution in [0.3, 0.4) is 0 Å². The van der Waals surface area contributed by atoms with E-state index in [0.717, 1.165) is 16.7 Å². The highest BCUT2D eigenvalue weighted by Gasteiger charge is 2.16. The molecule has 0 fully saturated rings. The minimum absolute atomic E-state index is 0.0225. The van der Waals surface area contributed by atoms with Gasteiger partial charge in [0.2, 0.25) is 5.91 Å². The van der Waals surface area contributed by atoms with Crippen LogP contribution in [-0.4, -0.2) is 20.1 Å². The summed E-state index contributed by atoms with van der Waals surface area (Å²) >= 11 is 0. The zero-order valence-corrected chi connectivity index (χ0v) is 14.8. The van der Waals surface area contributed by atoms with Gasteiger partial charge in [0.15, 0.2) is 9.84 Å². The molecule has 128 valence electrons. The van der Waals surface area contributed by atoms with Gasteiger partial charge in [-0.2, -0.15) is 0 Å². The highest BCUT2D eigenvalue weighted by molar-refractivity contribution is 7.90. The third-order valence-corrected chi connectivity index (χ3v) is 5.42. The van der Waals surface area contributed by atoms with Crippen LogP contribution >= 0.6 is 0 Å². The van der Waals surface area contributed by atoms with Crippen molar-refractivity contribution in [1.29, 1.82) is 0 Å². The van der Waals surface area contributed by atoms with Crippen LogP contribution in [0.2, 0.25) is 0 Å². The van der Waals surface area contributed by atoms with Crippen LogP contribution in [0, 0.1) is 6.92 Å². The van der Waals surface area contributed by atoms with Gasteiger partial charge in [0.1, 0.15) is 0 Å². The molecule has 0 heterocycles. The van der Waals surface area contributed by atoms with E-state index in [9.17, 15) is 13.2 Å². The number of hydrogen-bond acceptors (Lipinski definition) is 3. The molecule has 0 unspecified atom stereocenters. The first-order valence-electron chi connectivity index (χ1n) is 7.96. The summed E-state index contributed by atoms with van der Waals surface area (Å²) in [5.74, 6) is -0.429. The largest absolute Gasteiger partial charge is 0.350 e. The second-order valence-corrected chi connectivity index (χ2v) is 8.21. The third kappa shape index (κ3) is 5.81. The van der Waals surface area contributed by atoms with Gasteiger partial charge < -0.3 is 5.32 Å². The maximum Gasteiger partial charge on any atom is 0.221 e. The number of amides is 1. The predicted molar refractivity (Wildman–Crippen MR) is 96.3 cm³/mol. The van der Waals surface area contributed by atoms with Crippen molar-refractivity contribution in [1.82, 2.24) is 5.32 Å². The lowest BCUT2D eigenvalue weighted by atomic mass is 10.1. The van der Waals surface area contributed by atoms with Crippen LogP contribution < -0.4 is 5.32 Å². The first-order valence-corrected chi connectivity index (χ1v) is 9.78. The molecule has 0 spiro atoms. The minimum Gasteiger partial charge on any atom is -0.350 e. The topological polar surface area (TPSA) is 63.2 Å². The van der Waals surface area contributed by atoms with Crippen molar-refractivity contribution in [2.75, 3.05) is 5.75 Å². The molecular formula is C19H23NO3S. The SMILES string of the molecule is Cc1ccc(CS(=O)(=O)CCC(=O)N[C@H](C)c2ccccc2)cc1. The lowest BCUT2D eigenvalue weighted by molar-refractivity contribution is -0.121. The van der Waals surface area contributed by atoms with Gasteiger partial charge in [-0.25, -0.2) is 8.42 Å². The second kappa shape index (κ2) is 8.11. The summed E-state index contributed by atoms with van der Waals surface area (Å²) in [6.45, 7) is 3.84. The van der Waals surface area contributed by atoms with Crippen molar-refractivity contribution >= 4 is 15.7 Å². The second-order valence-electron chi connectivity index (χ2n) is 6.03. The Morgan fingerprint density at radius 3 is 2.29 bits per heavy atom. The lowest BCUT2D eigenvalue weighted by Crippen LogP contribution is -2.28. The van der Waals surface area contributed by atoms with E-state index in [2.05, 4.69) is 5.32 Å². The number of nitrogens with one attached hydrogen (secondary N) is 1. The van der Waals surface area contributed by atoms with E-state index in [4.69, 9.17) is 0 Å². The number of hydrogen-bond donors (Lipinski definition) is 1. The van der Waals surface area contributed by atoms with Gasteiger partial charge in [0.25, 0.3) is 0 Å². The van der Waals surface area contributed by atoms with E-state index < -0.39 is 9.84 Å². The normalized spacial score (nSPS) is 12.6. The highest BCUT2D eigenvalue weighted by Crippen LogP contribution is 2.12. The number of carbonyl (C=O) groups excluding carboxylic acids is 1. The van der Waals surface area contributed by atoms with Crippen molar-refractivity contribution < 1.29 is 13.2 Å².